The molecule has 2 aromatic rings. The van der Waals surface area contributed by atoms with E-state index in [1.165, 1.54) is 11.8 Å². The summed E-state index contributed by atoms with van der Waals surface area (Å²) in [5.41, 5.74) is 0.457. The van der Waals surface area contributed by atoms with Crippen molar-refractivity contribution in [3.8, 4) is 6.07 Å². The molecule has 2 amide bonds. The first-order valence-corrected chi connectivity index (χ1v) is 16.8. The summed E-state index contributed by atoms with van der Waals surface area (Å²) in [6.07, 6.45) is 1.81. The summed E-state index contributed by atoms with van der Waals surface area (Å²) in [7, 11) is 0. The third kappa shape index (κ3) is 9.97. The lowest BCUT2D eigenvalue weighted by Gasteiger charge is -2.34. The Morgan fingerprint density at radius 1 is 1.16 bits per heavy atom. The Labute approximate surface area is 269 Å². The molecular formula is C32H48BrFN4O4S. The number of fused-ring (bicyclic) bond motifs is 1. The molecule has 1 saturated heterocycles. The van der Waals surface area contributed by atoms with Crippen molar-refractivity contribution >= 4 is 56.5 Å². The van der Waals surface area contributed by atoms with Gasteiger partial charge < -0.3 is 14.4 Å². The van der Waals surface area contributed by atoms with Gasteiger partial charge in [0.1, 0.15) is 21.7 Å². The SMILES string of the molecule is CC.CC.CSc1nc2c(F)c(Br)c(CCC#N)cc2c(N(C(=O)OC(C)(C)C)C2CCN(C(=O)OC(C)(C)C)C2)c1C. The number of likely N-dealkylation sites (tertiary alicyclic amines) is 1. The van der Waals surface area contributed by atoms with Gasteiger partial charge in [0.2, 0.25) is 0 Å². The van der Waals surface area contributed by atoms with Crippen molar-refractivity contribution in [1.82, 2.24) is 9.88 Å². The first-order chi connectivity index (χ1) is 20.1. The van der Waals surface area contributed by atoms with Crippen LogP contribution in [0.25, 0.3) is 10.9 Å². The first kappa shape index (κ1) is 38.4. The number of carbonyl (C=O) groups is 2. The second-order valence-corrected chi connectivity index (χ2v) is 13.1. The predicted molar refractivity (Wildman–Crippen MR) is 177 cm³/mol. The minimum absolute atomic E-state index is 0.114. The lowest BCUT2D eigenvalue weighted by molar-refractivity contribution is 0.0287. The van der Waals surface area contributed by atoms with Crippen molar-refractivity contribution in [3.63, 3.8) is 0 Å². The highest BCUT2D eigenvalue weighted by molar-refractivity contribution is 9.10. The lowest BCUT2D eigenvalue weighted by Crippen LogP contribution is -2.46. The van der Waals surface area contributed by atoms with Crippen LogP contribution in [0.15, 0.2) is 15.6 Å². The van der Waals surface area contributed by atoms with Crippen LogP contribution in [0.4, 0.5) is 19.7 Å². The lowest BCUT2D eigenvalue weighted by atomic mass is 10.0. The van der Waals surface area contributed by atoms with E-state index in [9.17, 15) is 9.59 Å². The molecule has 11 heteroatoms. The molecule has 1 aliphatic rings. The molecule has 0 bridgehead atoms. The van der Waals surface area contributed by atoms with Crippen LogP contribution in [0.2, 0.25) is 0 Å². The van der Waals surface area contributed by atoms with Gasteiger partial charge in [-0.2, -0.15) is 5.26 Å². The molecule has 1 aromatic heterocycles. The third-order valence-electron chi connectivity index (χ3n) is 6.11. The molecule has 1 unspecified atom stereocenters. The predicted octanol–water partition coefficient (Wildman–Crippen LogP) is 9.43. The number of benzene rings is 1. The van der Waals surface area contributed by atoms with Gasteiger partial charge in [-0.25, -0.2) is 19.0 Å². The number of nitriles is 1. The molecular weight excluding hydrogens is 635 g/mol. The minimum Gasteiger partial charge on any atom is -0.444 e. The zero-order valence-electron chi connectivity index (χ0n) is 27.8. The molecule has 0 radical (unpaired) electrons. The van der Waals surface area contributed by atoms with Gasteiger partial charge in [-0.1, -0.05) is 27.7 Å². The Balaban J connectivity index is 0.00000221. The quantitative estimate of drug-likeness (QED) is 0.290. The highest BCUT2D eigenvalue weighted by Crippen LogP contribution is 2.41. The summed E-state index contributed by atoms with van der Waals surface area (Å²) in [4.78, 5) is 34.4. The average Bonchev–Trinajstić information content (AvgIpc) is 3.41. The number of thioether (sulfide) groups is 1. The summed E-state index contributed by atoms with van der Waals surface area (Å²) in [6.45, 7) is 21.2. The van der Waals surface area contributed by atoms with Crippen LogP contribution in [-0.2, 0) is 15.9 Å². The summed E-state index contributed by atoms with van der Waals surface area (Å²) in [5, 5.41) is 10.2. The Hall–Kier alpha value is -2.58. The molecule has 43 heavy (non-hydrogen) atoms. The maximum Gasteiger partial charge on any atom is 0.415 e. The fourth-order valence-electron chi connectivity index (χ4n) is 4.51. The average molecular weight is 684 g/mol. The Morgan fingerprint density at radius 3 is 2.26 bits per heavy atom. The van der Waals surface area contributed by atoms with E-state index in [2.05, 4.69) is 27.0 Å². The molecule has 1 fully saturated rings. The molecule has 0 spiro atoms. The molecule has 0 saturated carbocycles. The number of aromatic nitrogens is 1. The second kappa shape index (κ2) is 16.5. The maximum absolute atomic E-state index is 15.7. The van der Waals surface area contributed by atoms with Crippen LogP contribution >= 0.6 is 27.7 Å². The van der Waals surface area contributed by atoms with Crippen LogP contribution in [0, 0.1) is 24.1 Å². The summed E-state index contributed by atoms with van der Waals surface area (Å²) in [6, 6.07) is 3.45. The van der Waals surface area contributed by atoms with Crippen molar-refractivity contribution < 1.29 is 23.5 Å². The van der Waals surface area contributed by atoms with Gasteiger partial charge in [-0.3, -0.25) is 4.90 Å². The van der Waals surface area contributed by atoms with Gasteiger partial charge in [0, 0.05) is 30.5 Å². The van der Waals surface area contributed by atoms with Crippen LogP contribution in [0.5, 0.6) is 0 Å². The van der Waals surface area contributed by atoms with E-state index in [1.54, 1.807) is 57.4 Å². The van der Waals surface area contributed by atoms with Crippen molar-refractivity contribution in [1.29, 1.82) is 5.26 Å². The number of hydrogen-bond acceptors (Lipinski definition) is 7. The van der Waals surface area contributed by atoms with E-state index in [1.807, 2.05) is 40.9 Å². The van der Waals surface area contributed by atoms with Crippen molar-refractivity contribution in [2.75, 3.05) is 24.2 Å². The monoisotopic (exact) mass is 682 g/mol. The van der Waals surface area contributed by atoms with Gasteiger partial charge >= 0.3 is 12.2 Å². The topological polar surface area (TPSA) is 95.8 Å². The molecule has 1 aromatic carbocycles. The molecule has 3 rings (SSSR count). The molecule has 0 aliphatic carbocycles. The van der Waals surface area contributed by atoms with Gasteiger partial charge in [0.15, 0.2) is 5.82 Å². The van der Waals surface area contributed by atoms with E-state index < -0.39 is 35.2 Å². The number of nitrogens with zero attached hydrogens (tertiary/aromatic N) is 4. The summed E-state index contributed by atoms with van der Waals surface area (Å²) in [5.74, 6) is -0.553. The van der Waals surface area contributed by atoms with Gasteiger partial charge in [0.05, 0.1) is 22.3 Å². The van der Waals surface area contributed by atoms with E-state index >= 15 is 4.39 Å². The van der Waals surface area contributed by atoms with Gasteiger partial charge in [-0.05, 0) is 95.1 Å². The van der Waals surface area contributed by atoms with Crippen LogP contribution in [-0.4, -0.2) is 58.7 Å². The largest absolute Gasteiger partial charge is 0.444 e. The number of halogens is 2. The molecule has 240 valence electrons. The number of carbonyl (C=O) groups excluding carboxylic acids is 2. The smallest absolute Gasteiger partial charge is 0.415 e. The summed E-state index contributed by atoms with van der Waals surface area (Å²) < 4.78 is 27.4. The van der Waals surface area contributed by atoms with Crippen molar-refractivity contribution in [2.45, 2.75) is 118 Å². The zero-order valence-corrected chi connectivity index (χ0v) is 30.2. The molecule has 1 aliphatic heterocycles. The Kier molecular flexibility index (Phi) is 14.7. The zero-order chi connectivity index (χ0) is 33.3. The van der Waals surface area contributed by atoms with E-state index in [0.29, 0.717) is 46.6 Å². The van der Waals surface area contributed by atoms with E-state index in [0.717, 1.165) is 0 Å². The molecule has 0 N–H and O–H groups in total. The van der Waals surface area contributed by atoms with E-state index in [4.69, 9.17) is 14.7 Å². The molecule has 1 atom stereocenters. The van der Waals surface area contributed by atoms with E-state index in [-0.39, 0.29) is 23.0 Å². The highest BCUT2D eigenvalue weighted by atomic mass is 79.9. The number of pyridine rings is 1. The summed E-state index contributed by atoms with van der Waals surface area (Å²) >= 11 is 4.70. The molecule has 2 heterocycles. The normalized spacial score (nSPS) is 14.6. The first-order valence-electron chi connectivity index (χ1n) is 14.8. The van der Waals surface area contributed by atoms with Crippen molar-refractivity contribution in [2.24, 2.45) is 0 Å². The molecule has 8 nitrogen and oxygen atoms in total. The number of amides is 2. The van der Waals surface area contributed by atoms with Crippen LogP contribution < -0.4 is 4.90 Å². The number of aryl methyl sites for hydroxylation is 1. The Bertz CT molecular complexity index is 1320. The van der Waals surface area contributed by atoms with Gasteiger partial charge in [0.25, 0.3) is 0 Å². The maximum atomic E-state index is 15.7. The fourth-order valence-corrected chi connectivity index (χ4v) is 5.59. The standard InChI is InChI=1S/C28H36BrFN4O4S.2C2H6/c1-16-23(19-14-17(10-9-12-31)20(29)21(30)22(19)32-24(16)39-8)34(26(36)38-28(5,6)7)18-11-13-33(15-18)25(35)37-27(2,3)4;2*1-2/h14,18H,9-11,13,15H2,1-8H3;2*1-2H3. The number of anilines is 1. The van der Waals surface area contributed by atoms with Gasteiger partial charge in [-0.15, -0.1) is 11.8 Å². The fraction of sp³-hybridized carbons (Fsp3) is 0.625. The van der Waals surface area contributed by atoms with Crippen LogP contribution in [0.1, 0.15) is 93.2 Å². The second-order valence-electron chi connectivity index (χ2n) is 11.5. The number of hydrogen-bond donors (Lipinski definition) is 0. The van der Waals surface area contributed by atoms with Crippen molar-refractivity contribution in [3.05, 3.63) is 27.5 Å². The minimum atomic E-state index is -0.788. The Morgan fingerprint density at radius 2 is 1.74 bits per heavy atom. The highest BCUT2D eigenvalue weighted by Gasteiger charge is 2.39. The number of ether oxygens (including phenoxy) is 2. The van der Waals surface area contributed by atoms with Crippen LogP contribution in [0.3, 0.4) is 0 Å². The third-order valence-corrected chi connectivity index (χ3v) is 7.75. The number of rotatable bonds is 5.